The fourth-order valence-corrected chi connectivity index (χ4v) is 1.45. The molecule has 0 aliphatic rings. The molecular weight excluding hydrogens is 178 g/mol. The Balaban J connectivity index is 3.60. The van der Waals surface area contributed by atoms with Gasteiger partial charge in [0.15, 0.2) is 0 Å². The third kappa shape index (κ3) is 8.05. The van der Waals surface area contributed by atoms with Crippen molar-refractivity contribution in [1.82, 2.24) is 5.32 Å². The minimum absolute atomic E-state index is 0.0408. The Bertz CT molecular complexity index is 167. The summed E-state index contributed by atoms with van der Waals surface area (Å²) in [5.74, 6) is 0.640. The van der Waals surface area contributed by atoms with E-state index in [1.807, 2.05) is 6.92 Å². The van der Waals surface area contributed by atoms with E-state index in [1.54, 1.807) is 6.92 Å². The standard InChI is InChI=1S/C11H23NO2/c1-8(2)7-9(3)12-11(14)6-5-10(4)13/h8-10,13H,5-7H2,1-4H3,(H,12,14). The molecule has 0 bridgehead atoms. The molecule has 0 heterocycles. The molecule has 0 saturated carbocycles. The molecule has 84 valence electrons. The zero-order valence-electron chi connectivity index (χ0n) is 9.71. The molecule has 0 aromatic rings. The molecule has 0 aromatic heterocycles. The number of nitrogens with one attached hydrogen (secondary N) is 1. The zero-order valence-corrected chi connectivity index (χ0v) is 9.71. The van der Waals surface area contributed by atoms with Crippen LogP contribution in [0.1, 0.15) is 47.0 Å². The summed E-state index contributed by atoms with van der Waals surface area (Å²) in [5, 5.41) is 11.9. The fourth-order valence-electron chi connectivity index (χ4n) is 1.45. The lowest BCUT2D eigenvalue weighted by molar-refractivity contribution is -0.122. The number of hydrogen-bond donors (Lipinski definition) is 2. The Morgan fingerprint density at radius 3 is 2.29 bits per heavy atom. The minimum Gasteiger partial charge on any atom is -0.393 e. The van der Waals surface area contributed by atoms with Crippen molar-refractivity contribution in [1.29, 1.82) is 0 Å². The van der Waals surface area contributed by atoms with Crippen LogP contribution in [-0.2, 0) is 4.79 Å². The smallest absolute Gasteiger partial charge is 0.220 e. The van der Waals surface area contributed by atoms with Gasteiger partial charge in [0.05, 0.1) is 6.10 Å². The average Bonchev–Trinajstić information content (AvgIpc) is 1.98. The Morgan fingerprint density at radius 2 is 1.86 bits per heavy atom. The third-order valence-electron chi connectivity index (χ3n) is 2.02. The fraction of sp³-hybridized carbons (Fsp3) is 0.909. The van der Waals surface area contributed by atoms with Crippen LogP contribution >= 0.6 is 0 Å². The van der Waals surface area contributed by atoms with E-state index in [2.05, 4.69) is 19.2 Å². The second kappa shape index (κ2) is 6.82. The molecule has 0 fully saturated rings. The highest BCUT2D eigenvalue weighted by Crippen LogP contribution is 2.04. The molecule has 0 rings (SSSR count). The Morgan fingerprint density at radius 1 is 1.29 bits per heavy atom. The lowest BCUT2D eigenvalue weighted by atomic mass is 10.1. The van der Waals surface area contributed by atoms with Crippen molar-refractivity contribution >= 4 is 5.91 Å². The van der Waals surface area contributed by atoms with Gasteiger partial charge < -0.3 is 10.4 Å². The molecule has 2 atom stereocenters. The van der Waals surface area contributed by atoms with Crippen molar-refractivity contribution in [3.8, 4) is 0 Å². The Labute approximate surface area is 86.9 Å². The summed E-state index contributed by atoms with van der Waals surface area (Å²) in [4.78, 5) is 11.3. The van der Waals surface area contributed by atoms with E-state index >= 15 is 0 Å². The van der Waals surface area contributed by atoms with Crippen LogP contribution in [0.4, 0.5) is 0 Å². The van der Waals surface area contributed by atoms with Gasteiger partial charge in [-0.05, 0) is 32.6 Å². The van der Waals surface area contributed by atoms with Crippen LogP contribution in [-0.4, -0.2) is 23.2 Å². The summed E-state index contributed by atoms with van der Waals surface area (Å²) in [6.07, 6.45) is 1.57. The molecule has 0 spiro atoms. The largest absolute Gasteiger partial charge is 0.393 e. The highest BCUT2D eigenvalue weighted by Gasteiger charge is 2.09. The van der Waals surface area contributed by atoms with Crippen molar-refractivity contribution in [3.05, 3.63) is 0 Å². The average molecular weight is 201 g/mol. The highest BCUT2D eigenvalue weighted by molar-refractivity contribution is 5.76. The molecular formula is C11H23NO2. The predicted molar refractivity (Wildman–Crippen MR) is 58.0 cm³/mol. The first kappa shape index (κ1) is 13.4. The van der Waals surface area contributed by atoms with Crippen LogP contribution in [0.2, 0.25) is 0 Å². The number of hydrogen-bond acceptors (Lipinski definition) is 2. The Hall–Kier alpha value is -0.570. The summed E-state index contributed by atoms with van der Waals surface area (Å²) >= 11 is 0. The van der Waals surface area contributed by atoms with Crippen molar-refractivity contribution < 1.29 is 9.90 Å². The number of aliphatic hydroxyl groups excluding tert-OH is 1. The van der Waals surface area contributed by atoms with Crippen LogP contribution in [0.25, 0.3) is 0 Å². The maximum atomic E-state index is 11.3. The lowest BCUT2D eigenvalue weighted by Gasteiger charge is -2.16. The van der Waals surface area contributed by atoms with E-state index in [0.717, 1.165) is 6.42 Å². The van der Waals surface area contributed by atoms with Crippen LogP contribution in [0, 0.1) is 5.92 Å². The SMILES string of the molecule is CC(C)CC(C)NC(=O)CCC(C)O. The van der Waals surface area contributed by atoms with E-state index in [-0.39, 0.29) is 18.1 Å². The van der Waals surface area contributed by atoms with Gasteiger partial charge in [0, 0.05) is 12.5 Å². The van der Waals surface area contributed by atoms with Gasteiger partial charge in [-0.3, -0.25) is 4.79 Å². The summed E-state index contributed by atoms with van der Waals surface area (Å²) in [6, 6.07) is 0.233. The number of aliphatic hydroxyl groups is 1. The first-order chi connectivity index (χ1) is 6.41. The topological polar surface area (TPSA) is 49.3 Å². The molecule has 0 saturated heterocycles. The Kier molecular flexibility index (Phi) is 6.54. The normalized spacial score (nSPS) is 15.3. The number of amides is 1. The monoisotopic (exact) mass is 201 g/mol. The third-order valence-corrected chi connectivity index (χ3v) is 2.02. The maximum absolute atomic E-state index is 11.3. The van der Waals surface area contributed by atoms with Gasteiger partial charge in [0.2, 0.25) is 5.91 Å². The van der Waals surface area contributed by atoms with Gasteiger partial charge in [-0.25, -0.2) is 0 Å². The molecule has 1 amide bonds. The molecule has 14 heavy (non-hydrogen) atoms. The van der Waals surface area contributed by atoms with Crippen molar-refractivity contribution in [2.45, 2.75) is 59.1 Å². The van der Waals surface area contributed by atoms with E-state index in [1.165, 1.54) is 0 Å². The number of carbonyl (C=O) groups excluding carboxylic acids is 1. The molecule has 0 aromatic carbocycles. The predicted octanol–water partition coefficient (Wildman–Crippen LogP) is 1.70. The quantitative estimate of drug-likeness (QED) is 0.687. The summed E-state index contributed by atoms with van der Waals surface area (Å²) in [6.45, 7) is 7.99. The molecule has 2 unspecified atom stereocenters. The molecule has 2 N–H and O–H groups in total. The van der Waals surface area contributed by atoms with Crippen LogP contribution in [0.15, 0.2) is 0 Å². The second-order valence-corrected chi connectivity index (χ2v) is 4.49. The van der Waals surface area contributed by atoms with Crippen LogP contribution < -0.4 is 5.32 Å². The highest BCUT2D eigenvalue weighted by atomic mass is 16.3. The maximum Gasteiger partial charge on any atom is 0.220 e. The molecule has 0 aliphatic carbocycles. The first-order valence-corrected chi connectivity index (χ1v) is 5.39. The van der Waals surface area contributed by atoms with Crippen molar-refractivity contribution in [2.75, 3.05) is 0 Å². The summed E-state index contributed by atoms with van der Waals surface area (Å²) in [5.41, 5.74) is 0. The van der Waals surface area contributed by atoms with Gasteiger partial charge in [-0.2, -0.15) is 0 Å². The van der Waals surface area contributed by atoms with E-state index in [9.17, 15) is 4.79 Å². The van der Waals surface area contributed by atoms with Crippen LogP contribution in [0.5, 0.6) is 0 Å². The number of carbonyl (C=O) groups is 1. The van der Waals surface area contributed by atoms with Gasteiger partial charge in [-0.15, -0.1) is 0 Å². The van der Waals surface area contributed by atoms with Gasteiger partial charge >= 0.3 is 0 Å². The molecule has 0 radical (unpaired) electrons. The van der Waals surface area contributed by atoms with Crippen molar-refractivity contribution in [2.24, 2.45) is 5.92 Å². The van der Waals surface area contributed by atoms with Gasteiger partial charge in [0.1, 0.15) is 0 Å². The summed E-state index contributed by atoms with van der Waals surface area (Å²) in [7, 11) is 0. The second-order valence-electron chi connectivity index (χ2n) is 4.49. The molecule has 0 aliphatic heterocycles. The molecule has 3 heteroatoms. The minimum atomic E-state index is -0.388. The lowest BCUT2D eigenvalue weighted by Crippen LogP contribution is -2.33. The summed E-state index contributed by atoms with van der Waals surface area (Å²) < 4.78 is 0. The van der Waals surface area contributed by atoms with Gasteiger partial charge in [-0.1, -0.05) is 13.8 Å². The van der Waals surface area contributed by atoms with Gasteiger partial charge in [0.25, 0.3) is 0 Å². The number of rotatable bonds is 6. The van der Waals surface area contributed by atoms with E-state index in [4.69, 9.17) is 5.11 Å². The zero-order chi connectivity index (χ0) is 11.1. The van der Waals surface area contributed by atoms with Crippen LogP contribution in [0.3, 0.4) is 0 Å². The first-order valence-electron chi connectivity index (χ1n) is 5.39. The van der Waals surface area contributed by atoms with Crippen molar-refractivity contribution in [3.63, 3.8) is 0 Å². The molecule has 3 nitrogen and oxygen atoms in total. The van der Waals surface area contributed by atoms with E-state index < -0.39 is 0 Å². The van der Waals surface area contributed by atoms with E-state index in [0.29, 0.717) is 18.8 Å².